The minimum absolute atomic E-state index is 0.0666. The zero-order valence-corrected chi connectivity index (χ0v) is 13.6. The summed E-state index contributed by atoms with van der Waals surface area (Å²) in [6, 6.07) is 5.78. The van der Waals surface area contributed by atoms with Crippen molar-refractivity contribution in [1.82, 2.24) is 0 Å². The summed E-state index contributed by atoms with van der Waals surface area (Å²) in [5.74, 6) is -1.10. The van der Waals surface area contributed by atoms with Gasteiger partial charge in [0, 0.05) is 5.69 Å². The number of sulfonamides is 1. The first kappa shape index (κ1) is 15.8. The lowest BCUT2D eigenvalue weighted by Gasteiger charge is -2.11. The maximum atomic E-state index is 12.2. The van der Waals surface area contributed by atoms with Gasteiger partial charge in [0.05, 0.1) is 9.90 Å². The normalized spacial score (nSPS) is 11.4. The fourth-order valence-corrected chi connectivity index (χ4v) is 4.31. The lowest BCUT2D eigenvalue weighted by atomic mass is 10.0. The largest absolute Gasteiger partial charge is 0.478 e. The van der Waals surface area contributed by atoms with E-state index in [9.17, 15) is 13.2 Å². The van der Waals surface area contributed by atoms with E-state index in [1.165, 1.54) is 18.2 Å². The summed E-state index contributed by atoms with van der Waals surface area (Å²) in [5.41, 5.74) is 1.57. The Bertz CT molecular complexity index is 812. The van der Waals surface area contributed by atoms with Gasteiger partial charge in [-0.05, 0) is 49.2 Å². The van der Waals surface area contributed by atoms with Gasteiger partial charge >= 0.3 is 5.97 Å². The smallest absolute Gasteiger partial charge is 0.336 e. The number of hydrogen-bond donors (Lipinski definition) is 2. The summed E-state index contributed by atoms with van der Waals surface area (Å²) in [5, 5.41) is 9.14. The van der Waals surface area contributed by atoms with Crippen LogP contribution < -0.4 is 4.72 Å². The minimum Gasteiger partial charge on any atom is -0.478 e. The minimum atomic E-state index is -3.77. The third kappa shape index (κ3) is 3.37. The van der Waals surface area contributed by atoms with E-state index in [1.807, 2.05) is 0 Å². The van der Waals surface area contributed by atoms with E-state index in [1.54, 1.807) is 19.9 Å². The summed E-state index contributed by atoms with van der Waals surface area (Å²) in [6.07, 6.45) is 0. The highest BCUT2D eigenvalue weighted by atomic mass is 35.5. The molecule has 1 aromatic carbocycles. The zero-order chi connectivity index (χ0) is 15.8. The fraction of sp³-hybridized carbons (Fsp3) is 0.154. The first-order valence-electron chi connectivity index (χ1n) is 5.83. The Morgan fingerprint density at radius 1 is 1.29 bits per heavy atom. The van der Waals surface area contributed by atoms with Crippen molar-refractivity contribution in [3.05, 3.63) is 45.3 Å². The Hall–Kier alpha value is -1.57. The number of rotatable bonds is 4. The molecule has 0 atom stereocenters. The van der Waals surface area contributed by atoms with Crippen LogP contribution in [0.3, 0.4) is 0 Å². The summed E-state index contributed by atoms with van der Waals surface area (Å²) >= 11 is 6.66. The second-order valence-corrected chi connectivity index (χ2v) is 8.06. The van der Waals surface area contributed by atoms with E-state index in [0.717, 1.165) is 11.3 Å². The maximum absolute atomic E-state index is 12.2. The van der Waals surface area contributed by atoms with Crippen LogP contribution in [0.5, 0.6) is 0 Å². The van der Waals surface area contributed by atoms with Crippen molar-refractivity contribution in [2.24, 2.45) is 0 Å². The number of aromatic carboxylic acids is 1. The second-order valence-electron chi connectivity index (χ2n) is 4.43. The molecule has 5 nitrogen and oxygen atoms in total. The standard InChI is InChI=1S/C13H12ClNO4S2/c1-7-5-9(6-10(8(7)2)13(16)17)15-21(18,19)12-4-3-11(14)20-12/h3-6,15H,1-2H3,(H,16,17). The Labute approximate surface area is 131 Å². The molecule has 0 saturated carbocycles. The average molecular weight is 346 g/mol. The van der Waals surface area contributed by atoms with Crippen molar-refractivity contribution in [3.8, 4) is 0 Å². The third-order valence-corrected chi connectivity index (χ3v) is 6.07. The molecule has 2 N–H and O–H groups in total. The molecule has 1 aromatic heterocycles. The van der Waals surface area contributed by atoms with Gasteiger partial charge in [0.25, 0.3) is 10.0 Å². The first-order valence-corrected chi connectivity index (χ1v) is 8.51. The van der Waals surface area contributed by atoms with E-state index in [2.05, 4.69) is 4.72 Å². The van der Waals surface area contributed by atoms with Crippen LogP contribution >= 0.6 is 22.9 Å². The molecule has 0 bridgehead atoms. The van der Waals surface area contributed by atoms with Gasteiger partial charge in [0.2, 0.25) is 0 Å². The van der Waals surface area contributed by atoms with Crippen molar-refractivity contribution in [2.45, 2.75) is 18.1 Å². The molecule has 0 spiro atoms. The molecule has 0 saturated heterocycles. The topological polar surface area (TPSA) is 83.5 Å². The van der Waals surface area contributed by atoms with Gasteiger partial charge in [-0.3, -0.25) is 4.72 Å². The van der Waals surface area contributed by atoms with Gasteiger partial charge in [0.15, 0.2) is 0 Å². The predicted molar refractivity (Wildman–Crippen MR) is 83.0 cm³/mol. The van der Waals surface area contributed by atoms with E-state index in [4.69, 9.17) is 16.7 Å². The number of benzene rings is 1. The molecular formula is C13H12ClNO4S2. The molecule has 0 fully saturated rings. The predicted octanol–water partition coefficient (Wildman–Crippen LogP) is 3.52. The molecular weight excluding hydrogens is 334 g/mol. The van der Waals surface area contributed by atoms with Crippen molar-refractivity contribution in [1.29, 1.82) is 0 Å². The quantitative estimate of drug-likeness (QED) is 0.888. The summed E-state index contributed by atoms with van der Waals surface area (Å²) in [6.45, 7) is 3.40. The van der Waals surface area contributed by atoms with Crippen LogP contribution in [0.1, 0.15) is 21.5 Å². The van der Waals surface area contributed by atoms with Crippen LogP contribution in [0.4, 0.5) is 5.69 Å². The van der Waals surface area contributed by atoms with Crippen molar-refractivity contribution in [2.75, 3.05) is 4.72 Å². The van der Waals surface area contributed by atoms with Crippen LogP contribution in [0.25, 0.3) is 0 Å². The lowest BCUT2D eigenvalue weighted by molar-refractivity contribution is 0.0696. The fourth-order valence-electron chi connectivity index (χ4n) is 1.79. The molecule has 0 amide bonds. The maximum Gasteiger partial charge on any atom is 0.336 e. The molecule has 0 unspecified atom stereocenters. The highest BCUT2D eigenvalue weighted by Crippen LogP contribution is 2.28. The van der Waals surface area contributed by atoms with E-state index < -0.39 is 16.0 Å². The second kappa shape index (κ2) is 5.67. The first-order chi connectivity index (χ1) is 9.70. The third-order valence-electron chi connectivity index (χ3n) is 2.96. The number of aryl methyl sites for hydroxylation is 1. The molecule has 2 rings (SSSR count). The SMILES string of the molecule is Cc1cc(NS(=O)(=O)c2ccc(Cl)s2)cc(C(=O)O)c1C. The number of carbonyl (C=O) groups is 1. The van der Waals surface area contributed by atoms with Crippen molar-refractivity contribution in [3.63, 3.8) is 0 Å². The Balaban J connectivity index is 2.42. The van der Waals surface area contributed by atoms with Crippen molar-refractivity contribution < 1.29 is 18.3 Å². The van der Waals surface area contributed by atoms with Crippen molar-refractivity contribution >= 4 is 44.6 Å². The van der Waals surface area contributed by atoms with Gasteiger partial charge < -0.3 is 5.11 Å². The Morgan fingerprint density at radius 2 is 1.95 bits per heavy atom. The zero-order valence-electron chi connectivity index (χ0n) is 11.2. The monoisotopic (exact) mass is 345 g/mol. The van der Waals surface area contributed by atoms with Gasteiger partial charge in [-0.15, -0.1) is 11.3 Å². The van der Waals surface area contributed by atoms with Gasteiger partial charge in [-0.25, -0.2) is 13.2 Å². The molecule has 1 heterocycles. The number of nitrogens with one attached hydrogen (secondary N) is 1. The number of carboxylic acids is 1. The van der Waals surface area contributed by atoms with Crippen LogP contribution in [0, 0.1) is 13.8 Å². The summed E-state index contributed by atoms with van der Waals surface area (Å²) in [4.78, 5) is 11.2. The number of anilines is 1. The van der Waals surface area contributed by atoms with Crippen LogP contribution in [-0.2, 0) is 10.0 Å². The Kier molecular flexibility index (Phi) is 4.27. The highest BCUT2D eigenvalue weighted by Gasteiger charge is 2.19. The molecule has 0 aliphatic heterocycles. The number of carboxylic acid groups (broad SMARTS) is 1. The van der Waals surface area contributed by atoms with Gasteiger partial charge in [0.1, 0.15) is 4.21 Å². The molecule has 112 valence electrons. The number of hydrogen-bond acceptors (Lipinski definition) is 4. The van der Waals surface area contributed by atoms with E-state index in [0.29, 0.717) is 15.5 Å². The molecule has 0 aliphatic carbocycles. The molecule has 0 aliphatic rings. The van der Waals surface area contributed by atoms with E-state index in [-0.39, 0.29) is 15.5 Å². The molecule has 21 heavy (non-hydrogen) atoms. The van der Waals surface area contributed by atoms with E-state index >= 15 is 0 Å². The molecule has 0 radical (unpaired) electrons. The number of halogens is 1. The van der Waals surface area contributed by atoms with Gasteiger partial charge in [-0.2, -0.15) is 0 Å². The summed E-state index contributed by atoms with van der Waals surface area (Å²) < 4.78 is 27.2. The van der Waals surface area contributed by atoms with Crippen LogP contribution in [0.15, 0.2) is 28.5 Å². The lowest BCUT2D eigenvalue weighted by Crippen LogP contribution is -2.13. The van der Waals surface area contributed by atoms with Crippen LogP contribution in [0.2, 0.25) is 4.34 Å². The molecule has 8 heteroatoms. The number of thiophene rings is 1. The Morgan fingerprint density at radius 3 is 2.48 bits per heavy atom. The highest BCUT2D eigenvalue weighted by molar-refractivity contribution is 7.94. The summed E-state index contributed by atoms with van der Waals surface area (Å²) in [7, 11) is -3.77. The van der Waals surface area contributed by atoms with Gasteiger partial charge in [-0.1, -0.05) is 11.6 Å². The van der Waals surface area contributed by atoms with Crippen LogP contribution in [-0.4, -0.2) is 19.5 Å². The average Bonchev–Trinajstić information content (AvgIpc) is 2.80. The molecule has 2 aromatic rings.